The summed E-state index contributed by atoms with van der Waals surface area (Å²) in [6.45, 7) is 8.47. The molecule has 2 unspecified atom stereocenters. The number of hydrogen-bond donors (Lipinski definition) is 0. The van der Waals surface area contributed by atoms with Gasteiger partial charge >= 0.3 is 0 Å². The zero-order valence-electron chi connectivity index (χ0n) is 16.8. The van der Waals surface area contributed by atoms with Gasteiger partial charge in [-0.3, -0.25) is 9.88 Å². The quantitative estimate of drug-likeness (QED) is 0.497. The first-order valence-corrected chi connectivity index (χ1v) is 10.1. The van der Waals surface area contributed by atoms with Gasteiger partial charge in [0.2, 0.25) is 0 Å². The van der Waals surface area contributed by atoms with Crippen LogP contribution >= 0.6 is 0 Å². The maximum atomic E-state index is 5.78. The van der Waals surface area contributed by atoms with Crippen molar-refractivity contribution in [1.29, 1.82) is 0 Å². The highest BCUT2D eigenvalue weighted by Crippen LogP contribution is 2.26. The van der Waals surface area contributed by atoms with E-state index < -0.39 is 0 Å². The molecular weight excluding hydrogens is 336 g/mol. The maximum Gasteiger partial charge on any atom is 0.148 e. The van der Waals surface area contributed by atoms with Crippen LogP contribution in [0.4, 0.5) is 0 Å². The van der Waals surface area contributed by atoms with Crippen molar-refractivity contribution in [3.05, 3.63) is 54.2 Å². The van der Waals surface area contributed by atoms with Crippen molar-refractivity contribution >= 4 is 0 Å². The van der Waals surface area contributed by atoms with E-state index in [4.69, 9.17) is 14.5 Å². The monoisotopic (exact) mass is 368 g/mol. The molecule has 1 aromatic carbocycles. The van der Waals surface area contributed by atoms with Crippen molar-refractivity contribution in [3.8, 4) is 11.3 Å². The molecule has 4 heteroatoms. The van der Waals surface area contributed by atoms with Crippen molar-refractivity contribution in [2.45, 2.75) is 52.2 Å². The van der Waals surface area contributed by atoms with Crippen LogP contribution in [0.25, 0.3) is 11.3 Å². The predicted molar refractivity (Wildman–Crippen MR) is 109 cm³/mol. The predicted octanol–water partition coefficient (Wildman–Crippen LogP) is 4.75. The molecule has 4 nitrogen and oxygen atoms in total. The highest BCUT2D eigenvalue weighted by atomic mass is 16.7. The summed E-state index contributed by atoms with van der Waals surface area (Å²) in [7, 11) is 0. The largest absolute Gasteiger partial charge is 0.353 e. The lowest BCUT2D eigenvalue weighted by atomic mass is 9.88. The van der Waals surface area contributed by atoms with Gasteiger partial charge in [0.15, 0.2) is 0 Å². The first-order valence-electron chi connectivity index (χ1n) is 10.1. The van der Waals surface area contributed by atoms with E-state index in [1.165, 1.54) is 18.4 Å². The molecule has 0 amide bonds. The second-order valence-electron chi connectivity index (χ2n) is 7.75. The molecule has 0 aliphatic carbocycles. The van der Waals surface area contributed by atoms with Crippen molar-refractivity contribution in [3.63, 3.8) is 0 Å². The van der Waals surface area contributed by atoms with Crippen LogP contribution in [0, 0.1) is 5.92 Å². The Morgan fingerprint density at radius 1 is 1.11 bits per heavy atom. The number of ether oxygens (including phenoxy) is 2. The number of hydrogen-bond acceptors (Lipinski definition) is 4. The van der Waals surface area contributed by atoms with Gasteiger partial charge in [0.1, 0.15) is 13.5 Å². The molecule has 0 spiro atoms. The number of benzene rings is 1. The summed E-state index contributed by atoms with van der Waals surface area (Å²) < 4.78 is 11.3. The number of piperidine rings is 1. The Morgan fingerprint density at radius 3 is 2.70 bits per heavy atom. The summed E-state index contributed by atoms with van der Waals surface area (Å²) in [6, 6.07) is 17.2. The molecule has 2 atom stereocenters. The van der Waals surface area contributed by atoms with Crippen molar-refractivity contribution in [1.82, 2.24) is 9.88 Å². The van der Waals surface area contributed by atoms with Crippen LogP contribution < -0.4 is 0 Å². The molecule has 0 bridgehead atoms. The molecular formula is C23H32N2O2. The van der Waals surface area contributed by atoms with Gasteiger partial charge in [0, 0.05) is 30.3 Å². The molecule has 2 aromatic rings. The Labute approximate surface area is 163 Å². The molecule has 1 aromatic heterocycles. The van der Waals surface area contributed by atoms with E-state index in [1.807, 2.05) is 19.9 Å². The fourth-order valence-electron chi connectivity index (χ4n) is 3.74. The minimum absolute atomic E-state index is 0.200. The van der Waals surface area contributed by atoms with Crippen LogP contribution in [0.3, 0.4) is 0 Å². The molecule has 146 valence electrons. The molecule has 0 saturated carbocycles. The second kappa shape index (κ2) is 9.98. The minimum atomic E-state index is 0.200. The molecule has 1 aliphatic rings. The average Bonchev–Trinajstić information content (AvgIpc) is 2.68. The Morgan fingerprint density at radius 2 is 1.93 bits per heavy atom. The zero-order valence-corrected chi connectivity index (χ0v) is 16.8. The summed E-state index contributed by atoms with van der Waals surface area (Å²) in [5.74, 6) is 0.635. The number of likely N-dealkylation sites (tertiary alicyclic amines) is 1. The third-order valence-electron chi connectivity index (χ3n) is 5.27. The molecule has 2 heterocycles. The van der Waals surface area contributed by atoms with Crippen molar-refractivity contribution in [2.75, 3.05) is 20.1 Å². The van der Waals surface area contributed by atoms with Crippen LogP contribution in [0.1, 0.15) is 39.3 Å². The molecule has 0 radical (unpaired) electrons. The van der Waals surface area contributed by atoms with Crippen molar-refractivity contribution in [2.24, 2.45) is 5.92 Å². The van der Waals surface area contributed by atoms with E-state index in [1.54, 1.807) is 0 Å². The van der Waals surface area contributed by atoms with Gasteiger partial charge in [0.25, 0.3) is 0 Å². The highest BCUT2D eigenvalue weighted by molar-refractivity contribution is 5.58. The summed E-state index contributed by atoms with van der Waals surface area (Å²) >= 11 is 0. The zero-order chi connectivity index (χ0) is 19.1. The smallest absolute Gasteiger partial charge is 0.148 e. The lowest BCUT2D eigenvalue weighted by Gasteiger charge is -2.39. The summed E-state index contributed by atoms with van der Waals surface area (Å²) in [6.07, 6.45) is 3.65. The number of pyridine rings is 1. The van der Waals surface area contributed by atoms with E-state index in [9.17, 15) is 0 Å². The number of nitrogens with zero attached hydrogens (tertiary/aromatic N) is 2. The van der Waals surface area contributed by atoms with E-state index in [2.05, 4.69) is 54.3 Å². The third kappa shape index (κ3) is 5.86. The average molecular weight is 369 g/mol. The van der Waals surface area contributed by atoms with Crippen LogP contribution in [-0.4, -0.2) is 42.1 Å². The van der Waals surface area contributed by atoms with E-state index >= 15 is 0 Å². The van der Waals surface area contributed by atoms with E-state index in [0.29, 0.717) is 25.5 Å². The summed E-state index contributed by atoms with van der Waals surface area (Å²) in [5.41, 5.74) is 3.37. The van der Waals surface area contributed by atoms with Gasteiger partial charge in [-0.1, -0.05) is 43.3 Å². The molecule has 1 saturated heterocycles. The first-order chi connectivity index (χ1) is 13.1. The highest BCUT2D eigenvalue weighted by Gasteiger charge is 2.29. The van der Waals surface area contributed by atoms with Gasteiger partial charge in [-0.15, -0.1) is 0 Å². The van der Waals surface area contributed by atoms with E-state index in [0.717, 1.165) is 24.4 Å². The third-order valence-corrected chi connectivity index (χ3v) is 5.27. The van der Waals surface area contributed by atoms with E-state index in [-0.39, 0.29) is 6.10 Å². The normalized spacial score (nSPS) is 20.9. The first kappa shape index (κ1) is 20.0. The Balaban J connectivity index is 1.66. The minimum Gasteiger partial charge on any atom is -0.353 e. The van der Waals surface area contributed by atoms with Gasteiger partial charge in [0.05, 0.1) is 11.8 Å². The number of rotatable bonds is 8. The van der Waals surface area contributed by atoms with Crippen LogP contribution in [0.5, 0.6) is 0 Å². The molecule has 0 N–H and O–H groups in total. The van der Waals surface area contributed by atoms with Gasteiger partial charge in [-0.25, -0.2) is 0 Å². The fourth-order valence-corrected chi connectivity index (χ4v) is 3.74. The maximum absolute atomic E-state index is 5.78. The lowest BCUT2D eigenvalue weighted by molar-refractivity contribution is -0.122. The Bertz CT molecular complexity index is 690. The fraction of sp³-hybridized carbons (Fsp3) is 0.522. The van der Waals surface area contributed by atoms with Crippen LogP contribution in [0.15, 0.2) is 48.5 Å². The molecule has 1 fully saturated rings. The molecule has 3 rings (SSSR count). The van der Waals surface area contributed by atoms with Gasteiger partial charge in [-0.05, 0) is 44.7 Å². The molecule has 1 aliphatic heterocycles. The van der Waals surface area contributed by atoms with Crippen LogP contribution in [0.2, 0.25) is 0 Å². The van der Waals surface area contributed by atoms with Gasteiger partial charge < -0.3 is 9.47 Å². The Hall–Kier alpha value is -1.75. The summed E-state index contributed by atoms with van der Waals surface area (Å²) in [5, 5.41) is 0. The topological polar surface area (TPSA) is 34.6 Å². The SMILES string of the molecule is CC(C)OCOCN1CCCC(C)C1Cc1cccc(-c2ccccc2)n1. The Kier molecular flexibility index (Phi) is 7.39. The van der Waals surface area contributed by atoms with Gasteiger partial charge in [-0.2, -0.15) is 0 Å². The molecule has 27 heavy (non-hydrogen) atoms. The lowest BCUT2D eigenvalue weighted by Crippen LogP contribution is -2.46. The second-order valence-corrected chi connectivity index (χ2v) is 7.75. The summed E-state index contributed by atoms with van der Waals surface area (Å²) in [4.78, 5) is 7.39. The van der Waals surface area contributed by atoms with Crippen LogP contribution in [-0.2, 0) is 15.9 Å². The van der Waals surface area contributed by atoms with Crippen molar-refractivity contribution < 1.29 is 9.47 Å². The number of aromatic nitrogens is 1. The standard InChI is InChI=1S/C23H32N2O2/c1-18(2)27-17-26-16-25-14-8-9-19(3)23(25)15-21-12-7-13-22(24-21)20-10-5-4-6-11-20/h4-7,10-13,18-19,23H,8-9,14-17H2,1-3H3.